The molecule has 1 heterocycles. The molecule has 0 aliphatic heterocycles. The molecule has 0 aliphatic rings. The number of para-hydroxylation sites is 2. The molecule has 1 unspecified atom stereocenters. The average molecular weight is 570 g/mol. The van der Waals surface area contributed by atoms with Gasteiger partial charge in [-0.2, -0.15) is 0 Å². The minimum Gasteiger partial charge on any atom is -0.436 e. The lowest BCUT2D eigenvalue weighted by Crippen LogP contribution is -2.19. The summed E-state index contributed by atoms with van der Waals surface area (Å²) in [6.07, 6.45) is 0. The molecule has 7 heteroatoms. The maximum absolute atomic E-state index is 13.6. The molecule has 206 valence electrons. The van der Waals surface area contributed by atoms with Gasteiger partial charge in [0, 0.05) is 27.4 Å². The Labute approximate surface area is 247 Å². The lowest BCUT2D eigenvalue weighted by atomic mass is 10.1. The zero-order valence-corrected chi connectivity index (χ0v) is 23.6. The van der Waals surface area contributed by atoms with Crippen LogP contribution in [-0.2, 0) is 4.79 Å². The Bertz CT molecular complexity index is 1820. The van der Waals surface area contributed by atoms with Crippen LogP contribution in [0.2, 0.25) is 0 Å². The number of hydrogen-bond donors (Lipinski definition) is 2. The molecule has 6 nitrogen and oxygen atoms in total. The Kier molecular flexibility index (Phi) is 7.83. The van der Waals surface area contributed by atoms with Crippen molar-refractivity contribution in [2.75, 3.05) is 10.6 Å². The van der Waals surface area contributed by atoms with Crippen LogP contribution in [0.3, 0.4) is 0 Å². The zero-order chi connectivity index (χ0) is 28.9. The van der Waals surface area contributed by atoms with Crippen molar-refractivity contribution in [3.63, 3.8) is 0 Å². The van der Waals surface area contributed by atoms with Gasteiger partial charge in [0.1, 0.15) is 10.8 Å². The quantitative estimate of drug-likeness (QED) is 0.180. The van der Waals surface area contributed by atoms with E-state index < -0.39 is 5.25 Å². The molecule has 2 amide bonds. The van der Waals surface area contributed by atoms with E-state index in [1.807, 2.05) is 128 Å². The Balaban J connectivity index is 1.15. The van der Waals surface area contributed by atoms with Gasteiger partial charge in [-0.25, -0.2) is 4.98 Å². The molecule has 1 aromatic heterocycles. The van der Waals surface area contributed by atoms with Gasteiger partial charge >= 0.3 is 0 Å². The number of nitrogens with one attached hydrogen (secondary N) is 2. The van der Waals surface area contributed by atoms with Gasteiger partial charge in [-0.1, -0.05) is 60.2 Å². The van der Waals surface area contributed by atoms with Crippen LogP contribution in [0.25, 0.3) is 22.6 Å². The smallest absolute Gasteiger partial charge is 0.255 e. The molecule has 2 N–H and O–H groups in total. The molecular weight excluding hydrogens is 542 g/mol. The van der Waals surface area contributed by atoms with Crippen molar-refractivity contribution in [3.8, 4) is 11.5 Å². The number of nitrogens with zero attached hydrogens (tertiary/aromatic N) is 1. The number of oxazole rings is 1. The minimum absolute atomic E-state index is 0.141. The fourth-order valence-electron chi connectivity index (χ4n) is 4.54. The maximum Gasteiger partial charge on any atom is 0.255 e. The highest BCUT2D eigenvalue weighted by molar-refractivity contribution is 8.00. The Morgan fingerprint density at radius 1 is 0.738 bits per heavy atom. The minimum atomic E-state index is -0.490. The number of amides is 2. The number of aryl methyl sites for hydroxylation is 1. The number of carbonyl (C=O) groups is 2. The Hall–Kier alpha value is -5.14. The van der Waals surface area contributed by atoms with Crippen LogP contribution in [0, 0.1) is 6.92 Å². The summed E-state index contributed by atoms with van der Waals surface area (Å²) < 4.78 is 5.87. The van der Waals surface area contributed by atoms with E-state index >= 15 is 0 Å². The normalized spacial score (nSPS) is 11.6. The first-order valence-corrected chi connectivity index (χ1v) is 14.4. The predicted octanol–water partition coefficient (Wildman–Crippen LogP) is 8.53. The first-order valence-electron chi connectivity index (χ1n) is 13.5. The van der Waals surface area contributed by atoms with E-state index in [-0.39, 0.29) is 11.8 Å². The molecule has 6 rings (SSSR count). The molecule has 0 bridgehead atoms. The fraction of sp³-hybridized carbons (Fsp3) is 0.0571. The lowest BCUT2D eigenvalue weighted by Gasteiger charge is -2.17. The molecule has 6 aromatic rings. The van der Waals surface area contributed by atoms with E-state index in [4.69, 9.17) is 4.42 Å². The number of carbonyl (C=O) groups excluding carboxylic acids is 2. The monoisotopic (exact) mass is 569 g/mol. The number of benzene rings is 5. The first-order chi connectivity index (χ1) is 20.5. The summed E-state index contributed by atoms with van der Waals surface area (Å²) in [5, 5.41) is 5.51. The summed E-state index contributed by atoms with van der Waals surface area (Å²) in [7, 11) is 0. The third-order valence-electron chi connectivity index (χ3n) is 6.68. The van der Waals surface area contributed by atoms with Crippen LogP contribution in [0.15, 0.2) is 137 Å². The van der Waals surface area contributed by atoms with Crippen molar-refractivity contribution < 1.29 is 14.0 Å². The van der Waals surface area contributed by atoms with Crippen LogP contribution in [-0.4, -0.2) is 16.8 Å². The van der Waals surface area contributed by atoms with Crippen LogP contribution < -0.4 is 10.6 Å². The standard InChI is InChI=1S/C35H27N3O3S/c1-23-8-7-11-26(22-23)33(39)36-28-18-20-29(21-19-28)42-32(24-9-3-2-4-10-24)34(40)37-27-16-14-25(15-17-27)35-38-30-12-5-6-13-31(30)41-35/h2-22,32H,1H3,(H,36,39)(H,37,40). The molecule has 0 radical (unpaired) electrons. The van der Waals surface area contributed by atoms with E-state index in [2.05, 4.69) is 15.6 Å². The lowest BCUT2D eigenvalue weighted by molar-refractivity contribution is -0.115. The number of hydrogen-bond acceptors (Lipinski definition) is 5. The molecule has 0 aliphatic carbocycles. The van der Waals surface area contributed by atoms with Crippen LogP contribution in [0.4, 0.5) is 11.4 Å². The highest BCUT2D eigenvalue weighted by Gasteiger charge is 2.22. The number of anilines is 2. The van der Waals surface area contributed by atoms with Crippen molar-refractivity contribution in [1.82, 2.24) is 4.98 Å². The third kappa shape index (κ3) is 6.27. The van der Waals surface area contributed by atoms with Crippen molar-refractivity contribution in [1.29, 1.82) is 0 Å². The van der Waals surface area contributed by atoms with Gasteiger partial charge in [0.15, 0.2) is 5.58 Å². The Morgan fingerprint density at radius 3 is 2.17 bits per heavy atom. The van der Waals surface area contributed by atoms with Crippen LogP contribution in [0.1, 0.15) is 26.7 Å². The summed E-state index contributed by atoms with van der Waals surface area (Å²) in [4.78, 5) is 31.7. The predicted molar refractivity (Wildman–Crippen MR) is 169 cm³/mol. The van der Waals surface area contributed by atoms with Crippen molar-refractivity contribution >= 4 is 46.1 Å². The Morgan fingerprint density at radius 2 is 1.43 bits per heavy atom. The van der Waals surface area contributed by atoms with Crippen molar-refractivity contribution in [2.45, 2.75) is 17.1 Å². The van der Waals surface area contributed by atoms with Gasteiger partial charge in [0.05, 0.1) is 0 Å². The van der Waals surface area contributed by atoms with E-state index in [0.717, 1.165) is 32.7 Å². The van der Waals surface area contributed by atoms with Crippen molar-refractivity contribution in [2.24, 2.45) is 0 Å². The van der Waals surface area contributed by atoms with E-state index in [9.17, 15) is 9.59 Å². The number of thioether (sulfide) groups is 1. The summed E-state index contributed by atoms with van der Waals surface area (Å²) in [6, 6.07) is 39.8. The van der Waals surface area contributed by atoms with Gasteiger partial charge in [-0.05, 0) is 85.3 Å². The summed E-state index contributed by atoms with van der Waals surface area (Å²) in [6.45, 7) is 1.96. The number of fused-ring (bicyclic) bond motifs is 1. The van der Waals surface area contributed by atoms with Gasteiger partial charge in [-0.3, -0.25) is 9.59 Å². The summed E-state index contributed by atoms with van der Waals surface area (Å²) in [5.74, 6) is 0.228. The second-order valence-electron chi connectivity index (χ2n) is 9.81. The highest BCUT2D eigenvalue weighted by atomic mass is 32.2. The largest absolute Gasteiger partial charge is 0.436 e. The van der Waals surface area contributed by atoms with Gasteiger partial charge in [0.25, 0.3) is 5.91 Å². The summed E-state index contributed by atoms with van der Waals surface area (Å²) in [5.41, 5.74) is 6.24. The topological polar surface area (TPSA) is 84.2 Å². The van der Waals surface area contributed by atoms with Gasteiger partial charge < -0.3 is 15.1 Å². The molecule has 5 aromatic carbocycles. The maximum atomic E-state index is 13.6. The van der Waals surface area contributed by atoms with Crippen LogP contribution >= 0.6 is 11.8 Å². The second kappa shape index (κ2) is 12.2. The summed E-state index contributed by atoms with van der Waals surface area (Å²) >= 11 is 1.45. The SMILES string of the molecule is Cc1cccc(C(=O)Nc2ccc(SC(C(=O)Nc3ccc(-c4nc5ccccc5o4)cc3)c3ccccc3)cc2)c1. The molecule has 0 saturated carbocycles. The average Bonchev–Trinajstić information content (AvgIpc) is 3.46. The van der Waals surface area contributed by atoms with E-state index in [0.29, 0.717) is 22.8 Å². The third-order valence-corrected chi connectivity index (χ3v) is 7.95. The number of rotatable bonds is 8. The zero-order valence-electron chi connectivity index (χ0n) is 22.8. The molecule has 0 spiro atoms. The molecule has 0 saturated heterocycles. The molecule has 1 atom stereocenters. The second-order valence-corrected chi connectivity index (χ2v) is 11.0. The van der Waals surface area contributed by atoms with E-state index in [1.54, 1.807) is 6.07 Å². The molecule has 42 heavy (non-hydrogen) atoms. The fourth-order valence-corrected chi connectivity index (χ4v) is 5.57. The molecular formula is C35H27N3O3S. The molecule has 0 fully saturated rings. The van der Waals surface area contributed by atoms with Gasteiger partial charge in [0.2, 0.25) is 11.8 Å². The van der Waals surface area contributed by atoms with Crippen molar-refractivity contribution in [3.05, 3.63) is 144 Å². The highest BCUT2D eigenvalue weighted by Crippen LogP contribution is 2.37. The van der Waals surface area contributed by atoms with Crippen LogP contribution in [0.5, 0.6) is 0 Å². The van der Waals surface area contributed by atoms with E-state index in [1.165, 1.54) is 11.8 Å². The van der Waals surface area contributed by atoms with Gasteiger partial charge in [-0.15, -0.1) is 11.8 Å². The first kappa shape index (κ1) is 27.1. The number of aromatic nitrogens is 1.